The highest BCUT2D eigenvalue weighted by atomic mass is 16.5. The third kappa shape index (κ3) is 6.64. The minimum absolute atomic E-state index is 0.138. The molecule has 0 aromatic carbocycles. The number of amides is 3. The van der Waals surface area contributed by atoms with Crippen molar-refractivity contribution in [2.24, 2.45) is 11.7 Å². The molecule has 0 saturated carbocycles. The van der Waals surface area contributed by atoms with Crippen LogP contribution in [0.1, 0.15) is 27.2 Å². The van der Waals surface area contributed by atoms with Gasteiger partial charge in [0.25, 0.3) is 0 Å². The van der Waals surface area contributed by atoms with E-state index in [9.17, 15) is 14.4 Å². The lowest BCUT2D eigenvalue weighted by Gasteiger charge is -2.26. The summed E-state index contributed by atoms with van der Waals surface area (Å²) >= 11 is 0. The first-order valence-electron chi connectivity index (χ1n) is 6.23. The Bertz CT molecular complexity index is 331. The maximum absolute atomic E-state index is 12.2. The molecule has 0 rings (SSSR count). The minimum atomic E-state index is -0.756. The van der Waals surface area contributed by atoms with E-state index in [-0.39, 0.29) is 18.4 Å². The lowest BCUT2D eigenvalue weighted by atomic mass is 10.0. The number of ether oxygens (including phenoxy) is 1. The predicted octanol–water partition coefficient (Wildman–Crippen LogP) is 0.0909. The highest BCUT2D eigenvalue weighted by Gasteiger charge is 2.26. The number of nitrogens with one attached hydrogen (secondary N) is 1. The third-order valence-corrected chi connectivity index (χ3v) is 2.56. The Hall–Kier alpha value is -1.79. The van der Waals surface area contributed by atoms with Gasteiger partial charge in [0.05, 0.1) is 7.11 Å². The standard InChI is InChI=1S/C12H23N3O4/c1-5-15(7-10(16)19-4)11(17)9(6-8(2)3)14-12(13)18/h8-9H,5-7H2,1-4H3,(H3,13,14,18). The fourth-order valence-corrected chi connectivity index (χ4v) is 1.65. The maximum Gasteiger partial charge on any atom is 0.325 e. The van der Waals surface area contributed by atoms with Crippen LogP contribution in [0.25, 0.3) is 0 Å². The monoisotopic (exact) mass is 273 g/mol. The maximum atomic E-state index is 12.2. The van der Waals surface area contributed by atoms with Crippen LogP contribution in [0.3, 0.4) is 0 Å². The van der Waals surface area contributed by atoms with Crippen molar-refractivity contribution >= 4 is 17.9 Å². The van der Waals surface area contributed by atoms with Crippen LogP contribution in [0.4, 0.5) is 4.79 Å². The molecule has 0 aliphatic carbocycles. The van der Waals surface area contributed by atoms with E-state index in [0.29, 0.717) is 13.0 Å². The van der Waals surface area contributed by atoms with E-state index in [0.717, 1.165) is 0 Å². The molecule has 0 aliphatic rings. The van der Waals surface area contributed by atoms with E-state index < -0.39 is 18.0 Å². The largest absolute Gasteiger partial charge is 0.468 e. The lowest BCUT2D eigenvalue weighted by molar-refractivity contribution is -0.147. The summed E-state index contributed by atoms with van der Waals surface area (Å²) in [5, 5.41) is 2.41. The molecule has 0 aromatic rings. The number of urea groups is 1. The smallest absolute Gasteiger partial charge is 0.325 e. The molecule has 0 saturated heterocycles. The Labute approximate surface area is 113 Å². The number of nitrogens with two attached hydrogens (primary N) is 1. The average Bonchev–Trinajstić information content (AvgIpc) is 2.32. The molecule has 1 atom stereocenters. The fourth-order valence-electron chi connectivity index (χ4n) is 1.65. The summed E-state index contributed by atoms with van der Waals surface area (Å²) in [5.41, 5.74) is 5.06. The van der Waals surface area contributed by atoms with Gasteiger partial charge in [-0.25, -0.2) is 4.79 Å². The molecule has 0 aliphatic heterocycles. The van der Waals surface area contributed by atoms with Crippen LogP contribution in [-0.2, 0) is 14.3 Å². The van der Waals surface area contributed by atoms with Crippen molar-refractivity contribution < 1.29 is 19.1 Å². The van der Waals surface area contributed by atoms with E-state index in [1.54, 1.807) is 6.92 Å². The van der Waals surface area contributed by atoms with Gasteiger partial charge in [0.2, 0.25) is 5.91 Å². The second kappa shape index (κ2) is 8.34. The number of esters is 1. The summed E-state index contributed by atoms with van der Waals surface area (Å²) in [7, 11) is 1.26. The second-order valence-electron chi connectivity index (χ2n) is 4.62. The Morgan fingerprint density at radius 2 is 1.89 bits per heavy atom. The minimum Gasteiger partial charge on any atom is -0.468 e. The molecule has 0 heterocycles. The van der Waals surface area contributed by atoms with Crippen LogP contribution < -0.4 is 11.1 Å². The molecule has 19 heavy (non-hydrogen) atoms. The zero-order valence-corrected chi connectivity index (χ0v) is 11.9. The van der Waals surface area contributed by atoms with Crippen molar-refractivity contribution in [1.29, 1.82) is 0 Å². The predicted molar refractivity (Wildman–Crippen MR) is 70.2 cm³/mol. The molecule has 0 radical (unpaired) electrons. The summed E-state index contributed by atoms with van der Waals surface area (Å²) in [4.78, 5) is 35.7. The van der Waals surface area contributed by atoms with Crippen molar-refractivity contribution in [3.8, 4) is 0 Å². The summed E-state index contributed by atoms with van der Waals surface area (Å²) < 4.78 is 4.53. The topological polar surface area (TPSA) is 102 Å². The van der Waals surface area contributed by atoms with Gasteiger partial charge >= 0.3 is 12.0 Å². The number of rotatable bonds is 7. The molecule has 110 valence electrons. The summed E-state index contributed by atoms with van der Waals surface area (Å²) in [6.07, 6.45) is 0.458. The normalized spacial score (nSPS) is 11.8. The molecule has 0 spiro atoms. The number of primary amides is 1. The van der Waals surface area contributed by atoms with Crippen LogP contribution in [-0.4, -0.2) is 49.0 Å². The first kappa shape index (κ1) is 17.2. The Morgan fingerprint density at radius 3 is 2.26 bits per heavy atom. The first-order chi connectivity index (χ1) is 8.81. The van der Waals surface area contributed by atoms with E-state index in [4.69, 9.17) is 5.73 Å². The average molecular weight is 273 g/mol. The Kier molecular flexibility index (Phi) is 7.55. The van der Waals surface area contributed by atoms with Gasteiger partial charge in [0.1, 0.15) is 12.6 Å². The van der Waals surface area contributed by atoms with Crippen molar-refractivity contribution in [2.45, 2.75) is 33.2 Å². The SMILES string of the molecule is CCN(CC(=O)OC)C(=O)C(CC(C)C)NC(N)=O. The highest BCUT2D eigenvalue weighted by Crippen LogP contribution is 2.08. The summed E-state index contributed by atoms with van der Waals surface area (Å²) in [6.45, 7) is 5.82. The van der Waals surface area contributed by atoms with E-state index in [1.807, 2.05) is 13.8 Å². The number of nitrogens with zero attached hydrogens (tertiary/aromatic N) is 1. The second-order valence-corrected chi connectivity index (χ2v) is 4.62. The number of methoxy groups -OCH3 is 1. The van der Waals surface area contributed by atoms with Gasteiger partial charge in [-0.15, -0.1) is 0 Å². The molecule has 3 N–H and O–H groups in total. The van der Waals surface area contributed by atoms with Gasteiger partial charge in [-0.05, 0) is 19.3 Å². The number of likely N-dealkylation sites (N-methyl/N-ethyl adjacent to an activating group) is 1. The molecule has 1 unspecified atom stereocenters. The number of carbonyl (C=O) groups is 3. The van der Waals surface area contributed by atoms with Crippen LogP contribution in [0.2, 0.25) is 0 Å². The number of hydrogen-bond donors (Lipinski definition) is 2. The molecule has 0 bridgehead atoms. The van der Waals surface area contributed by atoms with Gasteiger partial charge < -0.3 is 20.7 Å². The Balaban J connectivity index is 4.81. The zero-order valence-electron chi connectivity index (χ0n) is 11.9. The lowest BCUT2D eigenvalue weighted by Crippen LogP contribution is -2.51. The van der Waals surface area contributed by atoms with E-state index in [2.05, 4.69) is 10.1 Å². The number of carbonyl (C=O) groups excluding carboxylic acids is 3. The molecule has 7 nitrogen and oxygen atoms in total. The fraction of sp³-hybridized carbons (Fsp3) is 0.750. The first-order valence-corrected chi connectivity index (χ1v) is 6.23. The van der Waals surface area contributed by atoms with Crippen LogP contribution in [0.15, 0.2) is 0 Å². The van der Waals surface area contributed by atoms with Gasteiger partial charge in [-0.2, -0.15) is 0 Å². The van der Waals surface area contributed by atoms with Crippen LogP contribution in [0, 0.1) is 5.92 Å². The van der Waals surface area contributed by atoms with E-state index in [1.165, 1.54) is 12.0 Å². The van der Waals surface area contributed by atoms with Crippen molar-refractivity contribution in [3.63, 3.8) is 0 Å². The quantitative estimate of drug-likeness (QED) is 0.642. The Morgan fingerprint density at radius 1 is 1.32 bits per heavy atom. The van der Waals surface area contributed by atoms with Gasteiger partial charge in [0, 0.05) is 6.54 Å². The van der Waals surface area contributed by atoms with Gasteiger partial charge in [-0.3, -0.25) is 9.59 Å². The van der Waals surface area contributed by atoms with Crippen molar-refractivity contribution in [3.05, 3.63) is 0 Å². The molecule has 0 fully saturated rings. The molecular formula is C12H23N3O4. The van der Waals surface area contributed by atoms with Crippen LogP contribution in [0.5, 0.6) is 0 Å². The van der Waals surface area contributed by atoms with Crippen molar-refractivity contribution in [1.82, 2.24) is 10.2 Å². The van der Waals surface area contributed by atoms with Crippen LogP contribution >= 0.6 is 0 Å². The summed E-state index contributed by atoms with van der Waals surface area (Å²) in [5.74, 6) is -0.629. The highest BCUT2D eigenvalue weighted by molar-refractivity contribution is 5.88. The van der Waals surface area contributed by atoms with Crippen molar-refractivity contribution in [2.75, 3.05) is 20.2 Å². The van der Waals surface area contributed by atoms with Gasteiger partial charge in [-0.1, -0.05) is 13.8 Å². The molecular weight excluding hydrogens is 250 g/mol. The zero-order chi connectivity index (χ0) is 15.0. The third-order valence-electron chi connectivity index (χ3n) is 2.56. The van der Waals surface area contributed by atoms with E-state index >= 15 is 0 Å². The molecule has 7 heteroatoms. The molecule has 3 amide bonds. The summed E-state index contributed by atoms with van der Waals surface area (Å²) in [6, 6.07) is -1.48. The molecule has 0 aromatic heterocycles. The number of hydrogen-bond acceptors (Lipinski definition) is 4. The van der Waals surface area contributed by atoms with Gasteiger partial charge in [0.15, 0.2) is 0 Å².